The lowest BCUT2D eigenvalue weighted by molar-refractivity contribution is 1.21. The van der Waals surface area contributed by atoms with Crippen LogP contribution in [0.15, 0.2) is 35.2 Å². The second-order valence-electron chi connectivity index (χ2n) is 1.85. The van der Waals surface area contributed by atoms with E-state index in [1.54, 1.807) is 6.08 Å². The average molecular weight is 215 g/mol. The minimum absolute atomic E-state index is 0.698. The molecule has 0 aromatic heterocycles. The van der Waals surface area contributed by atoms with Gasteiger partial charge in [-0.3, -0.25) is 0 Å². The van der Waals surface area contributed by atoms with Crippen molar-refractivity contribution >= 4 is 11.9 Å². The van der Waals surface area contributed by atoms with Gasteiger partial charge in [0, 0.05) is 29.4 Å². The maximum absolute atomic E-state index is 5.49. The zero-order valence-electron chi connectivity index (χ0n) is 9.42. The highest BCUT2D eigenvalue weighted by atomic mass is 32.2. The molecule has 3 nitrogen and oxygen atoms in total. The molecule has 1 heterocycles. The fraction of sp³-hybridized carbons (Fsp3) is 0.400. The van der Waals surface area contributed by atoms with Crippen molar-refractivity contribution in [2.24, 2.45) is 11.5 Å². The van der Waals surface area contributed by atoms with Gasteiger partial charge in [0.05, 0.1) is 5.03 Å². The Balaban J connectivity index is 0. The first-order valence-corrected chi connectivity index (χ1v) is 5.57. The fourth-order valence-corrected chi connectivity index (χ4v) is 1.14. The number of hydrogen-bond donors (Lipinski definition) is 3. The quantitative estimate of drug-likeness (QED) is 0.543. The lowest BCUT2D eigenvalue weighted by Gasteiger charge is -2.14. The molecule has 0 amide bonds. The summed E-state index contributed by atoms with van der Waals surface area (Å²) in [6.07, 6.45) is 3.26. The molecule has 0 fully saturated rings. The maximum atomic E-state index is 5.49. The first kappa shape index (κ1) is 15.4. The molecule has 14 heavy (non-hydrogen) atoms. The van der Waals surface area contributed by atoms with Crippen molar-refractivity contribution in [3.63, 3.8) is 0 Å². The molecule has 1 rings (SSSR count). The highest BCUT2D eigenvalue weighted by Crippen LogP contribution is 2.20. The van der Waals surface area contributed by atoms with Gasteiger partial charge in [-0.15, -0.1) is 0 Å². The van der Waals surface area contributed by atoms with Gasteiger partial charge in [0.1, 0.15) is 0 Å². The van der Waals surface area contributed by atoms with Crippen LogP contribution in [-0.4, -0.2) is 0 Å². The van der Waals surface area contributed by atoms with E-state index in [0.29, 0.717) is 5.03 Å². The van der Waals surface area contributed by atoms with Crippen LogP contribution in [0.5, 0.6) is 0 Å². The van der Waals surface area contributed by atoms with Crippen LogP contribution in [0.4, 0.5) is 0 Å². The molecule has 0 bridgehead atoms. The Morgan fingerprint density at radius 2 is 1.86 bits per heavy atom. The van der Waals surface area contributed by atoms with E-state index in [4.69, 9.17) is 11.5 Å². The Morgan fingerprint density at radius 3 is 2.21 bits per heavy atom. The maximum Gasteiger partial charge on any atom is 0.0873 e. The van der Waals surface area contributed by atoms with Crippen molar-refractivity contribution < 1.29 is 0 Å². The Bertz CT molecular complexity index is 219. The van der Waals surface area contributed by atoms with Crippen LogP contribution in [0.1, 0.15) is 27.7 Å². The molecule has 4 heteroatoms. The predicted molar refractivity (Wildman–Crippen MR) is 67.1 cm³/mol. The van der Waals surface area contributed by atoms with Crippen molar-refractivity contribution in [3.05, 3.63) is 35.2 Å². The van der Waals surface area contributed by atoms with Crippen molar-refractivity contribution in [2.45, 2.75) is 27.7 Å². The number of rotatable bonds is 0. The van der Waals surface area contributed by atoms with Crippen LogP contribution >= 0.6 is 11.9 Å². The number of nitrogens with one attached hydrogen (secondary N) is 1. The molecule has 0 aliphatic carbocycles. The largest absolute Gasteiger partial charge is 0.404 e. The van der Waals surface area contributed by atoms with Crippen molar-refractivity contribution in [1.82, 2.24) is 4.72 Å². The molecule has 1 aliphatic rings. The first-order chi connectivity index (χ1) is 6.74. The van der Waals surface area contributed by atoms with E-state index in [1.807, 2.05) is 27.7 Å². The highest BCUT2D eigenvalue weighted by molar-refractivity contribution is 8.01. The van der Waals surface area contributed by atoms with E-state index >= 15 is 0 Å². The van der Waals surface area contributed by atoms with E-state index in [0.717, 1.165) is 11.3 Å². The van der Waals surface area contributed by atoms with Gasteiger partial charge in [0.15, 0.2) is 0 Å². The highest BCUT2D eigenvalue weighted by Gasteiger charge is 2.06. The van der Waals surface area contributed by atoms with Gasteiger partial charge < -0.3 is 16.2 Å². The van der Waals surface area contributed by atoms with E-state index in [2.05, 4.69) is 11.3 Å². The Labute approximate surface area is 91.4 Å². The lowest BCUT2D eigenvalue weighted by atomic mass is 10.2. The average Bonchev–Trinajstić information content (AvgIpc) is 2.27. The molecular formula is C10H21N3S. The lowest BCUT2D eigenvalue weighted by Crippen LogP contribution is -2.13. The second-order valence-corrected chi connectivity index (χ2v) is 2.73. The van der Waals surface area contributed by atoms with Crippen LogP contribution < -0.4 is 16.2 Å². The number of nitrogens with two attached hydrogens (primary N) is 2. The topological polar surface area (TPSA) is 64.1 Å². The molecule has 0 atom stereocenters. The Kier molecular flexibility index (Phi) is 11.1. The van der Waals surface area contributed by atoms with Gasteiger partial charge >= 0.3 is 0 Å². The van der Waals surface area contributed by atoms with E-state index in [-0.39, 0.29) is 0 Å². The smallest absolute Gasteiger partial charge is 0.0873 e. The third kappa shape index (κ3) is 5.59. The van der Waals surface area contributed by atoms with Crippen molar-refractivity contribution in [2.75, 3.05) is 0 Å². The van der Waals surface area contributed by atoms with Crippen LogP contribution in [0.2, 0.25) is 0 Å². The molecule has 82 valence electrons. The molecule has 0 aromatic rings. The number of allylic oxidation sites excluding steroid dienone is 1. The van der Waals surface area contributed by atoms with Gasteiger partial charge in [-0.25, -0.2) is 0 Å². The summed E-state index contributed by atoms with van der Waals surface area (Å²) >= 11 is 1.34. The normalized spacial score (nSPS) is 16.7. The molecule has 0 unspecified atom stereocenters. The van der Waals surface area contributed by atoms with Crippen LogP contribution in [0.25, 0.3) is 0 Å². The molecule has 0 saturated carbocycles. The minimum atomic E-state index is 0.698. The molecule has 0 radical (unpaired) electrons. The predicted octanol–water partition coefficient (Wildman–Crippen LogP) is 2.45. The van der Waals surface area contributed by atoms with Gasteiger partial charge in [-0.05, 0) is 6.08 Å². The molecule has 0 aromatic carbocycles. The number of hydrogen-bond acceptors (Lipinski definition) is 4. The third-order valence-corrected chi connectivity index (χ3v) is 1.82. The van der Waals surface area contributed by atoms with Gasteiger partial charge in [-0.1, -0.05) is 34.3 Å². The van der Waals surface area contributed by atoms with Crippen molar-refractivity contribution in [3.8, 4) is 0 Å². The molecule has 5 N–H and O–H groups in total. The van der Waals surface area contributed by atoms with Gasteiger partial charge in [-0.2, -0.15) is 0 Å². The summed E-state index contributed by atoms with van der Waals surface area (Å²) in [5.41, 5.74) is 12.4. The molecular weight excluding hydrogens is 194 g/mol. The zero-order chi connectivity index (χ0) is 11.6. The minimum Gasteiger partial charge on any atom is -0.404 e. The molecule has 0 saturated heterocycles. The standard InChI is InChI=1S/C6H9N3S.2C2H6/c1-4-5(3-7)2-6(8)10-9-4;2*1-2/h2-3,9H,1,7-8H2;2*1-2H3/b5-3-;;. The summed E-state index contributed by atoms with van der Waals surface area (Å²) in [6.45, 7) is 11.7. The Morgan fingerprint density at radius 1 is 1.36 bits per heavy atom. The van der Waals surface area contributed by atoms with Gasteiger partial charge in [0.2, 0.25) is 0 Å². The fourth-order valence-electron chi connectivity index (χ4n) is 0.598. The van der Waals surface area contributed by atoms with Crippen molar-refractivity contribution in [1.29, 1.82) is 0 Å². The summed E-state index contributed by atoms with van der Waals surface area (Å²) < 4.78 is 2.91. The molecule has 0 spiro atoms. The SMILES string of the molecule is C=C1NSC(N)=C/C1=C/N.CC.CC. The van der Waals surface area contributed by atoms with E-state index < -0.39 is 0 Å². The van der Waals surface area contributed by atoms with Crippen LogP contribution in [0.3, 0.4) is 0 Å². The first-order valence-electron chi connectivity index (χ1n) is 4.75. The summed E-state index contributed by atoms with van der Waals surface area (Å²) in [4.78, 5) is 0. The summed E-state index contributed by atoms with van der Waals surface area (Å²) in [7, 11) is 0. The van der Waals surface area contributed by atoms with E-state index in [9.17, 15) is 0 Å². The zero-order valence-corrected chi connectivity index (χ0v) is 10.2. The van der Waals surface area contributed by atoms with Gasteiger partial charge in [0.25, 0.3) is 0 Å². The summed E-state index contributed by atoms with van der Waals surface area (Å²) in [5, 5.41) is 0.698. The second kappa shape index (κ2) is 10.1. The summed E-state index contributed by atoms with van der Waals surface area (Å²) in [6, 6.07) is 0. The molecule has 1 aliphatic heterocycles. The van der Waals surface area contributed by atoms with Crippen LogP contribution in [-0.2, 0) is 0 Å². The monoisotopic (exact) mass is 215 g/mol. The van der Waals surface area contributed by atoms with E-state index in [1.165, 1.54) is 18.1 Å². The van der Waals surface area contributed by atoms with Crippen LogP contribution in [0, 0.1) is 0 Å². The summed E-state index contributed by atoms with van der Waals surface area (Å²) in [5.74, 6) is 0. The Hall–Kier alpha value is -1.03. The third-order valence-electron chi connectivity index (χ3n) is 1.12.